The summed E-state index contributed by atoms with van der Waals surface area (Å²) < 4.78 is 7.21. The van der Waals surface area contributed by atoms with Crippen molar-refractivity contribution in [3.8, 4) is 22.8 Å². The first-order chi connectivity index (χ1) is 14.5. The molecule has 7 nitrogen and oxygen atoms in total. The van der Waals surface area contributed by atoms with Gasteiger partial charge in [-0.25, -0.2) is 4.68 Å². The summed E-state index contributed by atoms with van der Waals surface area (Å²) in [7, 11) is 0. The first kappa shape index (κ1) is 19.7. The number of carbonyl (C=O) groups is 1. The Balaban J connectivity index is 1.77. The smallest absolute Gasteiger partial charge is 0.262 e. The van der Waals surface area contributed by atoms with Crippen LogP contribution in [0.3, 0.4) is 0 Å². The fraction of sp³-hybridized carbons (Fsp3) is 0.136. The molecule has 1 aliphatic rings. The standard InChI is InChI=1S/C22H20N4O3S/c1-14(2)10-23-22-26(24-11-15-3-6-17(27)7-4-15)19(13-30-22)16-5-8-20-18(9-16)25-21(28)12-29-20/h3-9,11,13,27H,1,10,12H2,2H3,(H,25,28). The fourth-order valence-corrected chi connectivity index (χ4v) is 3.68. The van der Waals surface area contributed by atoms with Gasteiger partial charge in [0.1, 0.15) is 11.5 Å². The average Bonchev–Trinajstić information content (AvgIpc) is 3.14. The molecule has 2 N–H and O–H groups in total. The average molecular weight is 420 g/mol. The Morgan fingerprint density at radius 2 is 2.13 bits per heavy atom. The van der Waals surface area contributed by atoms with Crippen LogP contribution in [0.2, 0.25) is 0 Å². The second kappa shape index (κ2) is 8.38. The highest BCUT2D eigenvalue weighted by atomic mass is 32.1. The van der Waals surface area contributed by atoms with Crippen molar-refractivity contribution in [1.29, 1.82) is 0 Å². The first-order valence-electron chi connectivity index (χ1n) is 9.25. The zero-order valence-corrected chi connectivity index (χ0v) is 17.1. The van der Waals surface area contributed by atoms with Crippen molar-refractivity contribution >= 4 is 29.1 Å². The van der Waals surface area contributed by atoms with E-state index in [2.05, 4.69) is 22.0 Å². The predicted octanol–water partition coefficient (Wildman–Crippen LogP) is 3.61. The van der Waals surface area contributed by atoms with Crippen LogP contribution in [0.4, 0.5) is 5.69 Å². The van der Waals surface area contributed by atoms with Gasteiger partial charge >= 0.3 is 0 Å². The number of nitrogens with one attached hydrogen (secondary N) is 1. The Morgan fingerprint density at radius 1 is 1.33 bits per heavy atom. The van der Waals surface area contributed by atoms with Crippen LogP contribution in [0.5, 0.6) is 11.5 Å². The van der Waals surface area contributed by atoms with Gasteiger partial charge in [-0.3, -0.25) is 9.79 Å². The second-order valence-electron chi connectivity index (χ2n) is 6.87. The van der Waals surface area contributed by atoms with Gasteiger partial charge in [0, 0.05) is 10.9 Å². The summed E-state index contributed by atoms with van der Waals surface area (Å²) >= 11 is 1.47. The van der Waals surface area contributed by atoms with Crippen LogP contribution in [-0.4, -0.2) is 35.1 Å². The molecule has 1 aliphatic heterocycles. The number of nitrogens with zero attached hydrogens (tertiary/aromatic N) is 3. The third-order valence-electron chi connectivity index (χ3n) is 4.29. The molecule has 0 unspecified atom stereocenters. The molecule has 0 atom stereocenters. The van der Waals surface area contributed by atoms with Gasteiger partial charge in [-0.2, -0.15) is 5.10 Å². The maximum Gasteiger partial charge on any atom is 0.262 e. The van der Waals surface area contributed by atoms with Crippen molar-refractivity contribution in [2.75, 3.05) is 18.5 Å². The van der Waals surface area contributed by atoms with Crippen LogP contribution in [0.15, 0.2) is 70.1 Å². The normalized spacial score (nSPS) is 13.8. The Hall–Kier alpha value is -3.65. The monoisotopic (exact) mass is 420 g/mol. The molecular weight excluding hydrogens is 400 g/mol. The second-order valence-corrected chi connectivity index (χ2v) is 7.71. The molecule has 2 heterocycles. The SMILES string of the molecule is C=C(C)CN=c1scc(-c2ccc3c(c2)NC(=O)CO3)n1N=Cc1ccc(O)cc1. The number of aromatic hydroxyl groups is 1. The highest BCUT2D eigenvalue weighted by Gasteiger charge is 2.17. The number of hydrogen-bond donors (Lipinski definition) is 2. The molecule has 1 amide bonds. The number of ether oxygens (including phenoxy) is 1. The van der Waals surface area contributed by atoms with E-state index in [4.69, 9.17) is 4.74 Å². The van der Waals surface area contributed by atoms with Crippen molar-refractivity contribution < 1.29 is 14.6 Å². The van der Waals surface area contributed by atoms with Crippen molar-refractivity contribution in [1.82, 2.24) is 4.68 Å². The van der Waals surface area contributed by atoms with E-state index >= 15 is 0 Å². The lowest BCUT2D eigenvalue weighted by Crippen LogP contribution is -2.25. The maximum absolute atomic E-state index is 11.7. The molecule has 0 saturated heterocycles. The zero-order valence-electron chi connectivity index (χ0n) is 16.3. The number of phenols is 1. The lowest BCUT2D eigenvalue weighted by atomic mass is 10.1. The Bertz CT molecular complexity index is 1210. The van der Waals surface area contributed by atoms with Gasteiger partial charge in [-0.1, -0.05) is 12.2 Å². The molecule has 0 radical (unpaired) electrons. The molecule has 0 saturated carbocycles. The maximum atomic E-state index is 11.7. The van der Waals surface area contributed by atoms with Crippen LogP contribution in [0.25, 0.3) is 11.3 Å². The highest BCUT2D eigenvalue weighted by Crippen LogP contribution is 2.32. The lowest BCUT2D eigenvalue weighted by molar-refractivity contribution is -0.118. The molecule has 0 aliphatic carbocycles. The van der Waals surface area contributed by atoms with Crippen LogP contribution < -0.4 is 14.9 Å². The lowest BCUT2D eigenvalue weighted by Gasteiger charge is -2.18. The molecular formula is C22H20N4O3S. The summed E-state index contributed by atoms with van der Waals surface area (Å²) in [6, 6.07) is 12.4. The number of amides is 1. The third-order valence-corrected chi connectivity index (χ3v) is 5.15. The van der Waals surface area contributed by atoms with Crippen molar-refractivity contribution in [2.24, 2.45) is 10.1 Å². The summed E-state index contributed by atoms with van der Waals surface area (Å²) in [6.07, 6.45) is 1.71. The van der Waals surface area contributed by atoms with Gasteiger partial charge < -0.3 is 15.2 Å². The summed E-state index contributed by atoms with van der Waals surface area (Å²) in [4.78, 5) is 17.0. The van der Waals surface area contributed by atoms with Gasteiger partial charge in [0.15, 0.2) is 6.61 Å². The Labute approximate surface area is 177 Å². The molecule has 2 aromatic carbocycles. The van der Waals surface area contributed by atoms with Crippen molar-refractivity contribution in [3.63, 3.8) is 0 Å². The third kappa shape index (κ3) is 4.33. The number of aromatic nitrogens is 1. The Kier molecular flexibility index (Phi) is 5.49. The van der Waals surface area contributed by atoms with Crippen LogP contribution in [0.1, 0.15) is 12.5 Å². The number of benzene rings is 2. The molecule has 4 rings (SSSR count). The number of rotatable bonds is 5. The molecule has 30 heavy (non-hydrogen) atoms. The molecule has 0 fully saturated rings. The van der Waals surface area contributed by atoms with Gasteiger partial charge in [0.2, 0.25) is 4.80 Å². The van der Waals surface area contributed by atoms with E-state index in [0.717, 1.165) is 27.2 Å². The minimum atomic E-state index is -0.180. The number of fused-ring (bicyclic) bond motifs is 1. The van der Waals surface area contributed by atoms with Crippen LogP contribution in [-0.2, 0) is 4.79 Å². The van der Waals surface area contributed by atoms with Gasteiger partial charge in [0.05, 0.1) is 24.1 Å². The zero-order chi connectivity index (χ0) is 21.1. The van der Waals surface area contributed by atoms with E-state index < -0.39 is 0 Å². The van der Waals surface area contributed by atoms with Crippen molar-refractivity contribution in [3.05, 3.63) is 70.4 Å². The van der Waals surface area contributed by atoms with E-state index in [1.807, 2.05) is 30.5 Å². The first-order valence-corrected chi connectivity index (χ1v) is 10.1. The van der Waals surface area contributed by atoms with E-state index in [1.54, 1.807) is 35.2 Å². The summed E-state index contributed by atoms with van der Waals surface area (Å²) in [5, 5.41) is 18.9. The number of anilines is 1. The van der Waals surface area contributed by atoms with Gasteiger partial charge in [0.25, 0.3) is 5.91 Å². The summed E-state index contributed by atoms with van der Waals surface area (Å²) in [5.74, 6) is 0.659. The molecule has 1 aromatic heterocycles. The minimum Gasteiger partial charge on any atom is -0.508 e. The molecule has 8 heteroatoms. The molecule has 152 valence electrons. The number of phenolic OH excluding ortho intramolecular Hbond substituents is 1. The predicted molar refractivity (Wildman–Crippen MR) is 118 cm³/mol. The quantitative estimate of drug-likeness (QED) is 0.488. The van der Waals surface area contributed by atoms with E-state index in [0.29, 0.717) is 18.0 Å². The number of carbonyl (C=O) groups excluding carboxylic acids is 1. The van der Waals surface area contributed by atoms with E-state index in [-0.39, 0.29) is 18.3 Å². The number of thiazole rings is 1. The van der Waals surface area contributed by atoms with Gasteiger partial charge in [-0.05, 0) is 55.0 Å². The molecule has 0 spiro atoms. The largest absolute Gasteiger partial charge is 0.508 e. The van der Waals surface area contributed by atoms with E-state index in [1.165, 1.54) is 11.3 Å². The minimum absolute atomic E-state index is 0.0195. The van der Waals surface area contributed by atoms with Crippen LogP contribution in [0, 0.1) is 0 Å². The van der Waals surface area contributed by atoms with E-state index in [9.17, 15) is 9.90 Å². The number of hydrogen-bond acceptors (Lipinski definition) is 6. The fourth-order valence-electron chi connectivity index (χ4n) is 2.85. The summed E-state index contributed by atoms with van der Waals surface area (Å²) in [6.45, 7) is 6.35. The summed E-state index contributed by atoms with van der Waals surface area (Å²) in [5.41, 5.74) is 4.13. The van der Waals surface area contributed by atoms with Crippen LogP contribution >= 0.6 is 11.3 Å². The Morgan fingerprint density at radius 3 is 2.90 bits per heavy atom. The van der Waals surface area contributed by atoms with Gasteiger partial charge in [-0.15, -0.1) is 11.3 Å². The molecule has 0 bridgehead atoms. The highest BCUT2D eigenvalue weighted by molar-refractivity contribution is 7.07. The topological polar surface area (TPSA) is 88.2 Å². The molecule has 3 aromatic rings. The van der Waals surface area contributed by atoms with Crippen molar-refractivity contribution in [2.45, 2.75) is 6.92 Å².